The summed E-state index contributed by atoms with van der Waals surface area (Å²) in [5.41, 5.74) is 2.56. The monoisotopic (exact) mass is 434 g/mol. The number of Topliss-reactive ketones (excluding diaryl/α,β-unsaturated/α-hetero) is 2. The van der Waals surface area contributed by atoms with Gasteiger partial charge in [0.05, 0.1) is 6.04 Å². The van der Waals surface area contributed by atoms with Gasteiger partial charge in [0, 0.05) is 31.3 Å². The molecule has 29 heavy (non-hydrogen) atoms. The Morgan fingerprint density at radius 2 is 1.62 bits per heavy atom. The first-order valence-electron chi connectivity index (χ1n) is 10.2. The number of thiol groups is 2. The summed E-state index contributed by atoms with van der Waals surface area (Å²) < 4.78 is 3.04. The molecule has 3 aliphatic rings. The van der Waals surface area contributed by atoms with E-state index < -0.39 is 29.9 Å². The van der Waals surface area contributed by atoms with Gasteiger partial charge in [0.15, 0.2) is 5.78 Å². The molecule has 156 valence electrons. The summed E-state index contributed by atoms with van der Waals surface area (Å²) in [4.78, 5) is 38.2. The lowest BCUT2D eigenvalue weighted by molar-refractivity contribution is -0.145. The van der Waals surface area contributed by atoms with Crippen molar-refractivity contribution in [2.24, 2.45) is 11.8 Å². The van der Waals surface area contributed by atoms with Crippen LogP contribution in [0.5, 0.6) is 0 Å². The summed E-state index contributed by atoms with van der Waals surface area (Å²) >= 11 is 8.66. The number of aryl methyl sites for hydroxylation is 1. The topological polar surface area (TPSA) is 77.9 Å². The van der Waals surface area contributed by atoms with Crippen molar-refractivity contribution in [1.82, 2.24) is 8.61 Å². The predicted molar refractivity (Wildman–Crippen MR) is 115 cm³/mol. The van der Waals surface area contributed by atoms with Crippen molar-refractivity contribution < 1.29 is 19.5 Å². The molecule has 0 amide bonds. The highest BCUT2D eigenvalue weighted by atomic mass is 32.1. The predicted octanol–water partition coefficient (Wildman–Crippen LogP) is 2.40. The van der Waals surface area contributed by atoms with Crippen molar-refractivity contribution in [1.29, 1.82) is 0 Å². The van der Waals surface area contributed by atoms with Crippen molar-refractivity contribution in [2.45, 2.75) is 50.1 Å². The van der Waals surface area contributed by atoms with Gasteiger partial charge in [-0.2, -0.15) is 0 Å². The van der Waals surface area contributed by atoms with Crippen LogP contribution in [-0.2, 0) is 20.8 Å². The Bertz CT molecular complexity index is 833. The highest BCUT2D eigenvalue weighted by Crippen LogP contribution is 2.39. The summed E-state index contributed by atoms with van der Waals surface area (Å²) in [5, 5.41) is 9.53. The van der Waals surface area contributed by atoms with Crippen molar-refractivity contribution in [3.8, 4) is 0 Å². The second kappa shape index (κ2) is 8.41. The molecule has 1 N–H and O–H groups in total. The molecule has 8 heteroatoms. The second-order valence-electron chi connectivity index (χ2n) is 8.35. The first kappa shape index (κ1) is 20.9. The largest absolute Gasteiger partial charge is 0.480 e. The molecule has 0 spiro atoms. The van der Waals surface area contributed by atoms with Crippen LogP contribution in [0.25, 0.3) is 0 Å². The zero-order valence-electron chi connectivity index (χ0n) is 16.1. The minimum Gasteiger partial charge on any atom is -0.480 e. The minimum atomic E-state index is -1.05. The van der Waals surface area contributed by atoms with Gasteiger partial charge in [-0.1, -0.05) is 49.9 Å². The molecule has 0 bridgehead atoms. The van der Waals surface area contributed by atoms with Crippen molar-refractivity contribution >= 4 is 43.2 Å². The van der Waals surface area contributed by atoms with E-state index in [4.69, 9.17) is 0 Å². The molecule has 5 atom stereocenters. The molecule has 2 aliphatic heterocycles. The molecule has 1 aliphatic carbocycles. The first-order chi connectivity index (χ1) is 13.9. The maximum Gasteiger partial charge on any atom is 0.322 e. The Kier molecular flexibility index (Phi) is 6.06. The number of carboxylic acid groups (broad SMARTS) is 1. The van der Waals surface area contributed by atoms with Crippen molar-refractivity contribution in [3.63, 3.8) is 0 Å². The Morgan fingerprint density at radius 3 is 2.34 bits per heavy atom. The lowest BCUT2D eigenvalue weighted by atomic mass is 9.81. The molecule has 1 aromatic rings. The molecule has 1 aromatic carbocycles. The van der Waals surface area contributed by atoms with E-state index in [0.29, 0.717) is 32.4 Å². The number of carboxylic acids is 1. The molecule has 6 nitrogen and oxygen atoms in total. The van der Waals surface area contributed by atoms with Crippen LogP contribution in [0.3, 0.4) is 0 Å². The summed E-state index contributed by atoms with van der Waals surface area (Å²) in [5.74, 6) is -2.03. The number of nitrogens with zero attached hydrogens (tertiary/aromatic N) is 2. The maximum absolute atomic E-state index is 13.3. The van der Waals surface area contributed by atoms with Crippen LogP contribution in [0.1, 0.15) is 42.7 Å². The molecular formula is C21H26N2O4S2. The summed E-state index contributed by atoms with van der Waals surface area (Å²) in [6.07, 6.45) is 3.40. The molecule has 0 saturated carbocycles. The normalized spacial score (nSPS) is 32.4. The van der Waals surface area contributed by atoms with E-state index in [2.05, 4.69) is 37.8 Å². The highest BCUT2D eigenvalue weighted by molar-refractivity contribution is 7.78. The molecule has 2 saturated heterocycles. The number of carbonyl (C=O) groups excluding carboxylic acids is 2. The van der Waals surface area contributed by atoms with E-state index in [9.17, 15) is 19.5 Å². The van der Waals surface area contributed by atoms with E-state index >= 15 is 0 Å². The van der Waals surface area contributed by atoms with E-state index in [1.165, 1.54) is 15.4 Å². The summed E-state index contributed by atoms with van der Waals surface area (Å²) in [7, 11) is 0. The van der Waals surface area contributed by atoms with Gasteiger partial charge in [-0.05, 0) is 42.7 Å². The number of benzene rings is 1. The number of carbonyl (C=O) groups is 3. The van der Waals surface area contributed by atoms with Gasteiger partial charge >= 0.3 is 5.97 Å². The number of hydrogen-bond donors (Lipinski definition) is 3. The van der Waals surface area contributed by atoms with Crippen LogP contribution in [0, 0.1) is 11.8 Å². The number of rotatable bonds is 6. The fraction of sp³-hybridized carbons (Fsp3) is 0.571. The van der Waals surface area contributed by atoms with E-state index in [1.807, 2.05) is 12.1 Å². The number of fused-ring (bicyclic) bond motifs is 1. The molecule has 2 heterocycles. The average Bonchev–Trinajstić information content (AvgIpc) is 3.38. The zero-order valence-corrected chi connectivity index (χ0v) is 17.9. The molecule has 3 unspecified atom stereocenters. The van der Waals surface area contributed by atoms with Crippen molar-refractivity contribution in [3.05, 3.63) is 35.4 Å². The molecule has 4 rings (SSSR count). The fourth-order valence-corrected chi connectivity index (χ4v) is 6.07. The van der Waals surface area contributed by atoms with Gasteiger partial charge in [-0.15, -0.1) is 0 Å². The van der Waals surface area contributed by atoms with Gasteiger partial charge in [-0.25, -0.2) is 8.61 Å². The third-order valence-electron chi connectivity index (χ3n) is 6.77. The first-order valence-corrected chi connectivity index (χ1v) is 11.0. The lowest BCUT2D eigenvalue weighted by Gasteiger charge is -2.27. The van der Waals surface area contributed by atoms with Crippen LogP contribution < -0.4 is 0 Å². The van der Waals surface area contributed by atoms with E-state index in [-0.39, 0.29) is 17.5 Å². The molecule has 2 fully saturated rings. The van der Waals surface area contributed by atoms with Crippen LogP contribution in [-0.4, -0.2) is 56.4 Å². The SMILES string of the molecule is O=C(CC1CCc2ccccc21)C1CCN(S)[C@H]1C(=O)C1CCN(S)[C@@H]1C(=O)O. The second-order valence-corrected chi connectivity index (χ2v) is 9.38. The number of ketones is 2. The standard InChI is InChI=1S/C21H26N2O4S2/c24-17(11-13-6-5-12-3-1-2-4-14(12)13)15-7-9-22(28)18(15)20(25)16-8-10-23(29)19(16)21(26)27/h1-4,13,15-16,18-19,28-29H,5-11H2,(H,26,27)/t13?,15?,16?,18-,19+/m1/s1. The maximum atomic E-state index is 13.3. The average molecular weight is 435 g/mol. The fourth-order valence-electron chi connectivity index (χ4n) is 5.30. The van der Waals surface area contributed by atoms with E-state index in [0.717, 1.165) is 12.8 Å². The summed E-state index contributed by atoms with van der Waals surface area (Å²) in [6, 6.07) is 6.64. The Morgan fingerprint density at radius 1 is 0.966 bits per heavy atom. The quantitative estimate of drug-likeness (QED) is 0.597. The molecular weight excluding hydrogens is 408 g/mol. The van der Waals surface area contributed by atoms with Crippen LogP contribution >= 0.6 is 25.6 Å². The van der Waals surface area contributed by atoms with Gasteiger partial charge in [0.1, 0.15) is 11.8 Å². The molecule has 0 radical (unpaired) electrons. The summed E-state index contributed by atoms with van der Waals surface area (Å²) in [6.45, 7) is 0.986. The Labute approximate surface area is 181 Å². The van der Waals surface area contributed by atoms with Gasteiger partial charge in [-0.3, -0.25) is 14.4 Å². The van der Waals surface area contributed by atoms with Crippen molar-refractivity contribution in [2.75, 3.05) is 13.1 Å². The Hall–Kier alpha value is -1.35. The molecule has 0 aromatic heterocycles. The third-order valence-corrected chi connectivity index (χ3v) is 7.67. The smallest absolute Gasteiger partial charge is 0.322 e. The minimum absolute atomic E-state index is 0.0919. The highest BCUT2D eigenvalue weighted by Gasteiger charge is 2.50. The zero-order chi connectivity index (χ0) is 20.7. The van der Waals surface area contributed by atoms with E-state index in [1.54, 1.807) is 4.31 Å². The van der Waals surface area contributed by atoms with Gasteiger partial charge < -0.3 is 5.11 Å². The number of hydrogen-bond acceptors (Lipinski definition) is 7. The number of aliphatic carboxylic acids is 1. The lowest BCUT2D eigenvalue weighted by Crippen LogP contribution is -2.46. The third kappa shape index (κ3) is 3.87. The van der Waals surface area contributed by atoms with Crippen LogP contribution in [0.15, 0.2) is 24.3 Å². The van der Waals surface area contributed by atoms with Crippen LogP contribution in [0.2, 0.25) is 0 Å². The van der Waals surface area contributed by atoms with Crippen LogP contribution in [0.4, 0.5) is 0 Å². The Balaban J connectivity index is 1.49. The van der Waals surface area contributed by atoms with Gasteiger partial charge in [0.25, 0.3) is 0 Å². The van der Waals surface area contributed by atoms with Gasteiger partial charge in [0.2, 0.25) is 0 Å².